The van der Waals surface area contributed by atoms with Crippen molar-refractivity contribution >= 4 is 11.6 Å². The molecule has 0 bridgehead atoms. The molecule has 3 aliphatic rings. The van der Waals surface area contributed by atoms with Crippen LogP contribution >= 0.6 is 0 Å². The number of nitrogens with one attached hydrogen (secondary N) is 1. The first-order chi connectivity index (χ1) is 14.0. The van der Waals surface area contributed by atoms with Gasteiger partial charge in [0.2, 0.25) is 5.91 Å². The lowest BCUT2D eigenvalue weighted by Gasteiger charge is -2.41. The van der Waals surface area contributed by atoms with Gasteiger partial charge in [-0.3, -0.25) is 4.79 Å². The summed E-state index contributed by atoms with van der Waals surface area (Å²) >= 11 is 0. The molecule has 0 radical (unpaired) electrons. The summed E-state index contributed by atoms with van der Waals surface area (Å²) in [6, 6.07) is 10.5. The van der Waals surface area contributed by atoms with Crippen LogP contribution in [0.25, 0.3) is 5.69 Å². The van der Waals surface area contributed by atoms with Gasteiger partial charge in [0.1, 0.15) is 11.3 Å². The Kier molecular flexibility index (Phi) is 4.17. The van der Waals surface area contributed by atoms with Crippen LogP contribution in [0, 0.1) is 5.92 Å². The number of fused-ring (bicyclic) bond motifs is 4. The Hall–Kier alpha value is -2.47. The Morgan fingerprint density at radius 1 is 1.24 bits per heavy atom. The molecule has 1 aromatic carbocycles. The average molecular weight is 396 g/mol. The Bertz CT molecular complexity index is 943. The van der Waals surface area contributed by atoms with Crippen molar-refractivity contribution in [2.45, 2.75) is 44.2 Å². The number of anilines is 1. The smallest absolute Gasteiger partial charge is 0.225 e. The minimum absolute atomic E-state index is 0.0506. The summed E-state index contributed by atoms with van der Waals surface area (Å²) in [6.07, 6.45) is 4.81. The number of aromatic nitrogens is 1. The van der Waals surface area contributed by atoms with Gasteiger partial charge in [-0.05, 0) is 37.1 Å². The summed E-state index contributed by atoms with van der Waals surface area (Å²) in [7, 11) is 1.70. The lowest BCUT2D eigenvalue weighted by Crippen LogP contribution is -2.49. The normalized spacial score (nSPS) is 24.5. The number of benzene rings is 1. The van der Waals surface area contributed by atoms with Crippen molar-refractivity contribution in [1.29, 1.82) is 0 Å². The second-order valence-electron chi connectivity index (χ2n) is 8.98. The molecule has 6 heteroatoms. The number of nitrogens with zero attached hydrogens (tertiary/aromatic N) is 2. The van der Waals surface area contributed by atoms with Crippen LogP contribution in [0.15, 0.2) is 36.5 Å². The van der Waals surface area contributed by atoms with E-state index in [0.29, 0.717) is 6.61 Å². The summed E-state index contributed by atoms with van der Waals surface area (Å²) in [5, 5.41) is 3.81. The van der Waals surface area contributed by atoms with Crippen LogP contribution in [0.5, 0.6) is 5.75 Å². The fraction of sp³-hybridized carbons (Fsp3) is 0.522. The second-order valence-corrected chi connectivity index (χ2v) is 8.98. The van der Waals surface area contributed by atoms with Crippen molar-refractivity contribution < 1.29 is 14.3 Å². The third-order valence-electron chi connectivity index (χ3n) is 6.81. The molecule has 5 rings (SSSR count). The van der Waals surface area contributed by atoms with E-state index in [0.717, 1.165) is 49.5 Å². The second kappa shape index (κ2) is 6.52. The zero-order chi connectivity index (χ0) is 20.2. The van der Waals surface area contributed by atoms with Gasteiger partial charge in [-0.15, -0.1) is 0 Å². The van der Waals surface area contributed by atoms with Gasteiger partial charge in [0.05, 0.1) is 36.4 Å². The standard InChI is InChI=1S/C23H29N3O3/c1-16(2)21(27)25-11-8-22(9-12-25)14-23(15-29-22)20-5-4-10-26(20)19-7-6-17(28-3)13-18(19)24-23/h4-7,10,13,16,24H,8-9,11-12,14-15H2,1-3H3. The number of carbonyl (C=O) groups excluding carboxylic acids is 1. The van der Waals surface area contributed by atoms with Gasteiger partial charge in [-0.1, -0.05) is 13.8 Å². The maximum atomic E-state index is 12.4. The van der Waals surface area contributed by atoms with E-state index in [-0.39, 0.29) is 23.0 Å². The SMILES string of the molecule is COc1ccc2c(c1)NC1(COC3(CCN(C(=O)C(C)C)CC3)C1)c1cccn1-2. The van der Waals surface area contributed by atoms with Crippen LogP contribution < -0.4 is 10.1 Å². The zero-order valence-corrected chi connectivity index (χ0v) is 17.4. The van der Waals surface area contributed by atoms with Crippen LogP contribution in [0.4, 0.5) is 5.69 Å². The van der Waals surface area contributed by atoms with Gasteiger partial charge < -0.3 is 24.3 Å². The highest BCUT2D eigenvalue weighted by Gasteiger charge is 2.54. The predicted octanol–water partition coefficient (Wildman–Crippen LogP) is 3.54. The van der Waals surface area contributed by atoms with Crippen molar-refractivity contribution in [2.24, 2.45) is 5.92 Å². The molecular formula is C23H29N3O3. The van der Waals surface area contributed by atoms with Crippen molar-refractivity contribution in [2.75, 3.05) is 32.1 Å². The number of amides is 1. The molecule has 1 N–H and O–H groups in total. The average Bonchev–Trinajstić information content (AvgIpc) is 3.35. The van der Waals surface area contributed by atoms with Crippen molar-refractivity contribution in [3.05, 3.63) is 42.2 Å². The highest BCUT2D eigenvalue weighted by Crippen LogP contribution is 2.50. The number of rotatable bonds is 2. The van der Waals surface area contributed by atoms with Crippen LogP contribution in [-0.2, 0) is 15.1 Å². The van der Waals surface area contributed by atoms with Crippen LogP contribution in [-0.4, -0.2) is 47.8 Å². The molecule has 2 spiro atoms. The maximum Gasteiger partial charge on any atom is 0.225 e. The summed E-state index contributed by atoms with van der Waals surface area (Å²) in [4.78, 5) is 14.4. The monoisotopic (exact) mass is 395 g/mol. The van der Waals surface area contributed by atoms with E-state index in [4.69, 9.17) is 9.47 Å². The number of hydrogen-bond acceptors (Lipinski definition) is 4. The van der Waals surface area contributed by atoms with Crippen LogP contribution in [0.1, 0.15) is 38.8 Å². The molecule has 1 unspecified atom stereocenters. The van der Waals surface area contributed by atoms with E-state index in [1.165, 1.54) is 5.69 Å². The van der Waals surface area contributed by atoms with Crippen LogP contribution in [0.2, 0.25) is 0 Å². The molecule has 29 heavy (non-hydrogen) atoms. The first kappa shape index (κ1) is 18.6. The lowest BCUT2D eigenvalue weighted by molar-refractivity contribution is -0.139. The summed E-state index contributed by atoms with van der Waals surface area (Å²) in [5.41, 5.74) is 3.02. The highest BCUT2D eigenvalue weighted by atomic mass is 16.5. The molecule has 154 valence electrons. The minimum Gasteiger partial charge on any atom is -0.497 e. The number of likely N-dealkylation sites (tertiary alicyclic amines) is 1. The zero-order valence-electron chi connectivity index (χ0n) is 17.4. The molecule has 3 aliphatic heterocycles. The fourth-order valence-corrected chi connectivity index (χ4v) is 5.25. The Balaban J connectivity index is 1.42. The molecule has 0 saturated carbocycles. The van der Waals surface area contributed by atoms with Gasteiger partial charge in [0.15, 0.2) is 0 Å². The number of methoxy groups -OCH3 is 1. The van der Waals surface area contributed by atoms with Gasteiger partial charge in [0, 0.05) is 37.7 Å². The van der Waals surface area contributed by atoms with E-state index in [1.807, 2.05) is 24.8 Å². The van der Waals surface area contributed by atoms with E-state index in [2.05, 4.69) is 40.3 Å². The fourth-order valence-electron chi connectivity index (χ4n) is 5.25. The third-order valence-corrected chi connectivity index (χ3v) is 6.81. The quantitative estimate of drug-likeness (QED) is 0.845. The van der Waals surface area contributed by atoms with Crippen LogP contribution in [0.3, 0.4) is 0 Å². The minimum atomic E-state index is -0.257. The first-order valence-electron chi connectivity index (χ1n) is 10.5. The highest BCUT2D eigenvalue weighted by molar-refractivity contribution is 5.78. The Morgan fingerprint density at radius 3 is 2.76 bits per heavy atom. The predicted molar refractivity (Wildman–Crippen MR) is 112 cm³/mol. The first-order valence-corrected chi connectivity index (χ1v) is 10.5. The van der Waals surface area contributed by atoms with Crippen molar-refractivity contribution in [3.8, 4) is 11.4 Å². The summed E-state index contributed by atoms with van der Waals surface area (Å²) in [6.45, 7) is 6.13. The van der Waals surface area contributed by atoms with E-state index >= 15 is 0 Å². The number of ether oxygens (including phenoxy) is 2. The number of carbonyl (C=O) groups is 1. The summed E-state index contributed by atoms with van der Waals surface area (Å²) < 4.78 is 14.2. The van der Waals surface area contributed by atoms with E-state index in [9.17, 15) is 4.79 Å². The molecule has 1 amide bonds. The van der Waals surface area contributed by atoms with Crippen molar-refractivity contribution in [3.63, 3.8) is 0 Å². The molecule has 0 aliphatic carbocycles. The van der Waals surface area contributed by atoms with E-state index < -0.39 is 0 Å². The van der Waals surface area contributed by atoms with Gasteiger partial charge in [-0.2, -0.15) is 0 Å². The molecule has 1 atom stereocenters. The maximum absolute atomic E-state index is 12.4. The molecule has 4 heterocycles. The topological polar surface area (TPSA) is 55.7 Å². The van der Waals surface area contributed by atoms with E-state index in [1.54, 1.807) is 7.11 Å². The molecular weight excluding hydrogens is 366 g/mol. The number of hydrogen-bond donors (Lipinski definition) is 1. The van der Waals surface area contributed by atoms with Gasteiger partial charge >= 0.3 is 0 Å². The van der Waals surface area contributed by atoms with Crippen molar-refractivity contribution in [1.82, 2.24) is 9.47 Å². The summed E-state index contributed by atoms with van der Waals surface area (Å²) in [5.74, 6) is 1.14. The number of piperidine rings is 1. The lowest BCUT2D eigenvalue weighted by atomic mass is 9.79. The Labute approximate surface area is 171 Å². The largest absolute Gasteiger partial charge is 0.497 e. The molecule has 2 aromatic rings. The van der Waals surface area contributed by atoms with Gasteiger partial charge in [0.25, 0.3) is 0 Å². The molecule has 6 nitrogen and oxygen atoms in total. The molecule has 1 aromatic heterocycles. The van der Waals surface area contributed by atoms with Gasteiger partial charge in [-0.25, -0.2) is 0 Å². The Morgan fingerprint density at radius 2 is 2.03 bits per heavy atom. The molecule has 2 saturated heterocycles. The molecule has 2 fully saturated rings. The third kappa shape index (κ3) is 2.84.